The fraction of sp³-hybridized carbons (Fsp3) is 0.480. The molecule has 1 aromatic heterocycles. The van der Waals surface area contributed by atoms with Gasteiger partial charge in [-0.25, -0.2) is 14.4 Å². The maximum atomic E-state index is 14.3. The Balaban J connectivity index is 2.13. The first-order chi connectivity index (χ1) is 16.6. The van der Waals surface area contributed by atoms with E-state index in [9.17, 15) is 14.6 Å². The zero-order valence-electron chi connectivity index (χ0n) is 20.5. The van der Waals surface area contributed by atoms with Gasteiger partial charge in [0.15, 0.2) is 5.82 Å². The second-order valence-corrected chi connectivity index (χ2v) is 9.19. The SMILES string of the molecule is CNC[C@@H](O)COc1ccc(Cl)c(-c2nc(/C(C(C)=N)=C(\C)O)c(C)c(N3CCCC(F)C3)n2)c1. The number of nitrogens with zero attached hydrogens (tertiary/aromatic N) is 3. The lowest BCUT2D eigenvalue weighted by Gasteiger charge is -2.32. The number of aliphatic hydroxyl groups is 2. The third kappa shape index (κ3) is 6.48. The first kappa shape index (κ1) is 26.8. The van der Waals surface area contributed by atoms with Crippen LogP contribution >= 0.6 is 11.6 Å². The minimum Gasteiger partial charge on any atom is -0.512 e. The molecule has 2 heterocycles. The molecule has 3 rings (SSSR count). The van der Waals surface area contributed by atoms with Gasteiger partial charge in [-0.15, -0.1) is 0 Å². The molecule has 1 aliphatic heterocycles. The molecule has 2 aromatic rings. The Labute approximate surface area is 210 Å². The summed E-state index contributed by atoms with van der Waals surface area (Å²) in [6.45, 7) is 6.21. The summed E-state index contributed by atoms with van der Waals surface area (Å²) in [5, 5.41) is 31.8. The van der Waals surface area contributed by atoms with Crippen molar-refractivity contribution in [2.45, 2.75) is 45.9 Å². The minimum atomic E-state index is -0.964. The molecule has 2 atom stereocenters. The Morgan fingerprint density at radius 1 is 1.37 bits per heavy atom. The number of halogens is 2. The molecular formula is C25H33ClFN5O3. The Morgan fingerprint density at radius 2 is 2.11 bits per heavy atom. The number of piperidine rings is 1. The lowest BCUT2D eigenvalue weighted by atomic mass is 10.0. The smallest absolute Gasteiger partial charge is 0.163 e. The van der Waals surface area contributed by atoms with E-state index in [0.717, 1.165) is 0 Å². The summed E-state index contributed by atoms with van der Waals surface area (Å²) in [5.41, 5.74) is 1.97. The molecule has 1 saturated heterocycles. The van der Waals surface area contributed by atoms with Crippen LogP contribution in [0.3, 0.4) is 0 Å². The van der Waals surface area contributed by atoms with Crippen molar-refractivity contribution in [1.29, 1.82) is 5.41 Å². The molecular weight excluding hydrogens is 473 g/mol. The molecule has 0 radical (unpaired) electrons. The van der Waals surface area contributed by atoms with Gasteiger partial charge in [0.05, 0.1) is 22.8 Å². The van der Waals surface area contributed by atoms with Crippen LogP contribution in [-0.4, -0.2) is 71.5 Å². The molecule has 1 aliphatic rings. The highest BCUT2D eigenvalue weighted by atomic mass is 35.5. The summed E-state index contributed by atoms with van der Waals surface area (Å²) >= 11 is 6.53. The highest BCUT2D eigenvalue weighted by Gasteiger charge is 2.26. The average molecular weight is 506 g/mol. The van der Waals surface area contributed by atoms with Crippen LogP contribution in [0.15, 0.2) is 24.0 Å². The van der Waals surface area contributed by atoms with E-state index in [1.165, 1.54) is 6.92 Å². The maximum Gasteiger partial charge on any atom is 0.163 e. The van der Waals surface area contributed by atoms with Gasteiger partial charge in [0, 0.05) is 29.9 Å². The van der Waals surface area contributed by atoms with Gasteiger partial charge < -0.3 is 30.6 Å². The first-order valence-electron chi connectivity index (χ1n) is 11.6. The number of benzene rings is 1. The summed E-state index contributed by atoms with van der Waals surface area (Å²) in [7, 11) is 1.74. The van der Waals surface area contributed by atoms with E-state index in [1.54, 1.807) is 32.2 Å². The number of rotatable bonds is 9. The van der Waals surface area contributed by atoms with E-state index < -0.39 is 12.3 Å². The normalized spacial score (nSPS) is 17.7. The predicted molar refractivity (Wildman–Crippen MR) is 138 cm³/mol. The Hall–Kier alpha value is -2.75. The van der Waals surface area contributed by atoms with Crippen LogP contribution in [0.2, 0.25) is 5.02 Å². The van der Waals surface area contributed by atoms with Crippen molar-refractivity contribution in [3.8, 4) is 17.1 Å². The zero-order chi connectivity index (χ0) is 25.7. The number of allylic oxidation sites excluding steroid dienone is 2. The van der Waals surface area contributed by atoms with Gasteiger partial charge in [0.25, 0.3) is 0 Å². The number of alkyl halides is 1. The number of likely N-dealkylation sites (N-methyl/N-ethyl adjacent to an activating group) is 1. The topological polar surface area (TPSA) is 115 Å². The Kier molecular flexibility index (Phi) is 9.04. The van der Waals surface area contributed by atoms with Crippen molar-refractivity contribution in [3.63, 3.8) is 0 Å². The standard InChI is InChI=1S/C25H33ClFN5O3/c1-14-23(22(15(2)28)16(3)33)30-24(31-25(14)32-9-5-6-17(27)12-32)20-10-19(7-8-21(20)26)35-13-18(34)11-29-4/h7-8,10,17-18,28-29,33-34H,5-6,9,11-13H2,1-4H3/b22-16+,28-15?/t17?,18-/m1/s1. The van der Waals surface area contributed by atoms with Crippen molar-refractivity contribution in [2.24, 2.45) is 0 Å². The third-order valence-corrected chi connectivity index (χ3v) is 6.15. The fourth-order valence-corrected chi connectivity index (χ4v) is 4.37. The van der Waals surface area contributed by atoms with Gasteiger partial charge in [-0.2, -0.15) is 0 Å². The highest BCUT2D eigenvalue weighted by molar-refractivity contribution is 6.33. The summed E-state index contributed by atoms with van der Waals surface area (Å²) in [6.07, 6.45) is -0.449. The molecule has 10 heteroatoms. The van der Waals surface area contributed by atoms with Crippen molar-refractivity contribution >= 4 is 28.7 Å². The monoisotopic (exact) mass is 505 g/mol. The van der Waals surface area contributed by atoms with E-state index in [1.807, 2.05) is 11.8 Å². The van der Waals surface area contributed by atoms with E-state index in [0.29, 0.717) is 64.9 Å². The molecule has 0 bridgehead atoms. The van der Waals surface area contributed by atoms with Gasteiger partial charge in [0.1, 0.15) is 36.2 Å². The Bertz CT molecular complexity index is 1110. The van der Waals surface area contributed by atoms with Crippen molar-refractivity contribution in [3.05, 3.63) is 40.2 Å². The summed E-state index contributed by atoms with van der Waals surface area (Å²) in [5.74, 6) is 1.25. The molecule has 0 amide bonds. The van der Waals surface area contributed by atoms with Crippen LogP contribution in [0.25, 0.3) is 17.0 Å². The van der Waals surface area contributed by atoms with Crippen LogP contribution in [0.4, 0.5) is 10.2 Å². The molecule has 35 heavy (non-hydrogen) atoms. The second kappa shape index (κ2) is 11.8. The van der Waals surface area contributed by atoms with Crippen LogP contribution in [0, 0.1) is 12.3 Å². The minimum absolute atomic E-state index is 0.0417. The largest absolute Gasteiger partial charge is 0.512 e. The molecule has 4 N–H and O–H groups in total. The molecule has 1 fully saturated rings. The highest BCUT2D eigenvalue weighted by Crippen LogP contribution is 2.35. The van der Waals surface area contributed by atoms with E-state index >= 15 is 0 Å². The van der Waals surface area contributed by atoms with Crippen molar-refractivity contribution < 1.29 is 19.3 Å². The van der Waals surface area contributed by atoms with Gasteiger partial charge in [0.2, 0.25) is 0 Å². The van der Waals surface area contributed by atoms with Gasteiger partial charge in [-0.3, -0.25) is 0 Å². The van der Waals surface area contributed by atoms with Crippen LogP contribution in [0.1, 0.15) is 37.9 Å². The lowest BCUT2D eigenvalue weighted by molar-refractivity contribution is 0.108. The van der Waals surface area contributed by atoms with Crippen molar-refractivity contribution in [2.75, 3.05) is 38.2 Å². The van der Waals surface area contributed by atoms with Crippen LogP contribution < -0.4 is 15.0 Å². The summed E-state index contributed by atoms with van der Waals surface area (Å²) in [4.78, 5) is 11.3. The van der Waals surface area contributed by atoms with Crippen molar-refractivity contribution in [1.82, 2.24) is 15.3 Å². The van der Waals surface area contributed by atoms with Crippen LogP contribution in [-0.2, 0) is 0 Å². The average Bonchev–Trinajstić information content (AvgIpc) is 2.79. The van der Waals surface area contributed by atoms with E-state index in [4.69, 9.17) is 31.7 Å². The maximum absolute atomic E-state index is 14.3. The molecule has 0 spiro atoms. The molecule has 0 aliphatic carbocycles. The van der Waals surface area contributed by atoms with Crippen LogP contribution in [0.5, 0.6) is 5.75 Å². The summed E-state index contributed by atoms with van der Waals surface area (Å²) < 4.78 is 20.0. The quantitative estimate of drug-likeness (QED) is 0.296. The predicted octanol–water partition coefficient (Wildman–Crippen LogP) is 4.33. The molecule has 8 nitrogen and oxygen atoms in total. The number of aliphatic hydroxyl groups excluding tert-OH is 2. The van der Waals surface area contributed by atoms with E-state index in [2.05, 4.69) is 5.32 Å². The summed E-state index contributed by atoms with van der Waals surface area (Å²) in [6, 6.07) is 5.04. The number of aromatic nitrogens is 2. The Morgan fingerprint density at radius 3 is 2.74 bits per heavy atom. The number of hydrogen-bond donors (Lipinski definition) is 4. The first-order valence-corrected chi connectivity index (χ1v) is 12.0. The molecule has 1 unspecified atom stereocenters. The van der Waals surface area contributed by atoms with Gasteiger partial charge in [-0.1, -0.05) is 11.6 Å². The van der Waals surface area contributed by atoms with Gasteiger partial charge in [-0.05, 0) is 58.9 Å². The van der Waals surface area contributed by atoms with Gasteiger partial charge >= 0.3 is 0 Å². The number of anilines is 1. The lowest BCUT2D eigenvalue weighted by Crippen LogP contribution is -2.37. The number of nitrogens with one attached hydrogen (secondary N) is 2. The second-order valence-electron chi connectivity index (χ2n) is 8.78. The molecule has 190 valence electrons. The number of ether oxygens (including phenoxy) is 1. The molecule has 0 saturated carbocycles. The zero-order valence-corrected chi connectivity index (χ0v) is 21.3. The molecule has 1 aromatic carbocycles. The van der Waals surface area contributed by atoms with E-state index in [-0.39, 0.29) is 30.4 Å². The third-order valence-electron chi connectivity index (χ3n) is 5.82. The fourth-order valence-electron chi connectivity index (χ4n) is 4.17. The number of hydrogen-bond acceptors (Lipinski definition) is 8.